The molecule has 1 atom stereocenters. The maximum absolute atomic E-state index is 12.4. The maximum atomic E-state index is 12.4. The second kappa shape index (κ2) is 4.77. The highest BCUT2D eigenvalue weighted by Gasteiger charge is 2.52. The van der Waals surface area contributed by atoms with E-state index in [0.717, 1.165) is 25.7 Å². The molecule has 4 heteroatoms. The molecule has 1 aliphatic heterocycles. The van der Waals surface area contributed by atoms with Gasteiger partial charge in [-0.25, -0.2) is 0 Å². The molecule has 0 aromatic carbocycles. The number of amides is 2. The van der Waals surface area contributed by atoms with Crippen LogP contribution < -0.4 is 0 Å². The molecule has 0 bridgehead atoms. The number of aliphatic hydroxyl groups excluding tert-OH is 1. The van der Waals surface area contributed by atoms with Crippen molar-refractivity contribution in [2.75, 3.05) is 6.61 Å². The Morgan fingerprint density at radius 2 is 1.94 bits per heavy atom. The highest BCUT2D eigenvalue weighted by atomic mass is 16.3. The summed E-state index contributed by atoms with van der Waals surface area (Å²) in [4.78, 5) is 25.8. The van der Waals surface area contributed by atoms with Crippen LogP contribution in [-0.2, 0) is 9.59 Å². The molecule has 2 fully saturated rings. The van der Waals surface area contributed by atoms with Gasteiger partial charge in [0, 0.05) is 6.42 Å². The third-order valence-electron chi connectivity index (χ3n) is 4.29. The SMILES string of the molecule is CCC(CO)N1C(=O)CC2(CCCCC2)C1=O. The van der Waals surface area contributed by atoms with Crippen molar-refractivity contribution in [1.29, 1.82) is 0 Å². The first-order valence-electron chi connectivity index (χ1n) is 6.62. The Kier molecular flexibility index (Phi) is 3.52. The first-order chi connectivity index (χ1) is 8.14. The van der Waals surface area contributed by atoms with E-state index in [1.165, 1.54) is 11.3 Å². The number of hydrogen-bond acceptors (Lipinski definition) is 3. The van der Waals surface area contributed by atoms with Crippen LogP contribution >= 0.6 is 0 Å². The lowest BCUT2D eigenvalue weighted by Gasteiger charge is -2.32. The number of aliphatic hydroxyl groups is 1. The van der Waals surface area contributed by atoms with Gasteiger partial charge in [-0.05, 0) is 19.3 Å². The Morgan fingerprint density at radius 3 is 2.47 bits per heavy atom. The van der Waals surface area contributed by atoms with Crippen LogP contribution in [0.1, 0.15) is 51.9 Å². The van der Waals surface area contributed by atoms with Crippen molar-refractivity contribution in [3.8, 4) is 0 Å². The second-order valence-electron chi connectivity index (χ2n) is 5.33. The van der Waals surface area contributed by atoms with Crippen LogP contribution in [0.25, 0.3) is 0 Å². The molecule has 4 nitrogen and oxygen atoms in total. The molecule has 1 aliphatic carbocycles. The van der Waals surface area contributed by atoms with Crippen LogP contribution in [0.15, 0.2) is 0 Å². The number of likely N-dealkylation sites (tertiary alicyclic amines) is 1. The number of rotatable bonds is 3. The monoisotopic (exact) mass is 239 g/mol. The lowest BCUT2D eigenvalue weighted by atomic mass is 9.73. The largest absolute Gasteiger partial charge is 0.394 e. The Hall–Kier alpha value is -0.900. The Balaban J connectivity index is 2.20. The number of carbonyl (C=O) groups is 2. The molecule has 1 saturated carbocycles. The van der Waals surface area contributed by atoms with Gasteiger partial charge in [0.25, 0.3) is 0 Å². The summed E-state index contributed by atoms with van der Waals surface area (Å²) in [5.41, 5.74) is -0.419. The molecule has 17 heavy (non-hydrogen) atoms. The number of carbonyl (C=O) groups excluding carboxylic acids is 2. The summed E-state index contributed by atoms with van der Waals surface area (Å²) in [6.45, 7) is 1.78. The van der Waals surface area contributed by atoms with Gasteiger partial charge in [0.1, 0.15) is 0 Å². The summed E-state index contributed by atoms with van der Waals surface area (Å²) >= 11 is 0. The van der Waals surface area contributed by atoms with E-state index >= 15 is 0 Å². The van der Waals surface area contributed by atoms with Gasteiger partial charge in [-0.1, -0.05) is 26.2 Å². The summed E-state index contributed by atoms with van der Waals surface area (Å²) in [5, 5.41) is 9.26. The zero-order valence-electron chi connectivity index (χ0n) is 10.4. The molecular weight excluding hydrogens is 218 g/mol. The predicted octanol–water partition coefficient (Wildman–Crippen LogP) is 1.47. The van der Waals surface area contributed by atoms with E-state index in [4.69, 9.17) is 0 Å². The van der Waals surface area contributed by atoms with Crippen LogP contribution in [0.3, 0.4) is 0 Å². The van der Waals surface area contributed by atoms with Crippen molar-refractivity contribution in [3.63, 3.8) is 0 Å². The van der Waals surface area contributed by atoms with E-state index in [2.05, 4.69) is 0 Å². The molecule has 1 heterocycles. The first kappa shape index (κ1) is 12.6. The van der Waals surface area contributed by atoms with E-state index in [1.807, 2.05) is 6.92 Å². The van der Waals surface area contributed by atoms with Gasteiger partial charge in [-0.2, -0.15) is 0 Å². The third kappa shape index (κ3) is 1.99. The van der Waals surface area contributed by atoms with Crippen molar-refractivity contribution >= 4 is 11.8 Å². The highest BCUT2D eigenvalue weighted by Crippen LogP contribution is 2.45. The van der Waals surface area contributed by atoms with E-state index in [1.54, 1.807) is 0 Å². The standard InChI is InChI=1S/C13H21NO3/c1-2-10(9-15)14-11(16)8-13(12(14)17)6-4-3-5-7-13/h10,15H,2-9H2,1H3. The van der Waals surface area contributed by atoms with Gasteiger partial charge in [0.2, 0.25) is 11.8 Å². The van der Waals surface area contributed by atoms with Gasteiger partial charge < -0.3 is 5.11 Å². The summed E-state index contributed by atoms with van der Waals surface area (Å²) in [5.74, 6) is -0.110. The Bertz CT molecular complexity index is 317. The molecule has 1 spiro atoms. The number of hydrogen-bond donors (Lipinski definition) is 1. The predicted molar refractivity (Wildman–Crippen MR) is 63.2 cm³/mol. The molecule has 0 aromatic rings. The smallest absolute Gasteiger partial charge is 0.236 e. The third-order valence-corrected chi connectivity index (χ3v) is 4.29. The van der Waals surface area contributed by atoms with E-state index in [-0.39, 0.29) is 24.5 Å². The van der Waals surface area contributed by atoms with Crippen molar-refractivity contribution in [2.24, 2.45) is 5.41 Å². The molecule has 0 aromatic heterocycles. The fourth-order valence-electron chi connectivity index (χ4n) is 3.20. The average molecular weight is 239 g/mol. The average Bonchev–Trinajstić information content (AvgIpc) is 2.56. The van der Waals surface area contributed by atoms with Crippen LogP contribution in [0.5, 0.6) is 0 Å². The molecule has 2 rings (SSSR count). The Labute approximate surface area is 102 Å². The molecule has 1 saturated heterocycles. The summed E-state index contributed by atoms with van der Waals surface area (Å²) < 4.78 is 0. The molecule has 2 amide bonds. The molecule has 96 valence electrons. The normalized spacial score (nSPS) is 25.6. The van der Waals surface area contributed by atoms with Crippen molar-refractivity contribution < 1.29 is 14.7 Å². The van der Waals surface area contributed by atoms with Crippen molar-refractivity contribution in [1.82, 2.24) is 4.90 Å². The van der Waals surface area contributed by atoms with Crippen molar-refractivity contribution in [3.05, 3.63) is 0 Å². The first-order valence-corrected chi connectivity index (χ1v) is 6.62. The summed E-state index contributed by atoms with van der Waals surface area (Å²) in [7, 11) is 0. The molecular formula is C13H21NO3. The fourth-order valence-corrected chi connectivity index (χ4v) is 3.20. The Morgan fingerprint density at radius 1 is 1.29 bits per heavy atom. The maximum Gasteiger partial charge on any atom is 0.236 e. The second-order valence-corrected chi connectivity index (χ2v) is 5.33. The van der Waals surface area contributed by atoms with E-state index in [9.17, 15) is 14.7 Å². The van der Waals surface area contributed by atoms with Gasteiger partial charge in [0.05, 0.1) is 18.1 Å². The van der Waals surface area contributed by atoms with Crippen LogP contribution in [-0.4, -0.2) is 34.5 Å². The minimum atomic E-state index is -0.419. The number of imide groups is 1. The van der Waals surface area contributed by atoms with Crippen molar-refractivity contribution in [2.45, 2.75) is 57.9 Å². The molecule has 1 N–H and O–H groups in total. The minimum absolute atomic E-state index is 0.0249. The van der Waals surface area contributed by atoms with E-state index < -0.39 is 5.41 Å². The molecule has 1 unspecified atom stereocenters. The van der Waals surface area contributed by atoms with Gasteiger partial charge >= 0.3 is 0 Å². The van der Waals surface area contributed by atoms with Crippen LogP contribution in [0, 0.1) is 5.41 Å². The van der Waals surface area contributed by atoms with E-state index in [0.29, 0.717) is 12.8 Å². The minimum Gasteiger partial charge on any atom is -0.394 e. The molecule has 2 aliphatic rings. The molecule has 0 radical (unpaired) electrons. The van der Waals surface area contributed by atoms with Gasteiger partial charge in [0.15, 0.2) is 0 Å². The zero-order valence-corrected chi connectivity index (χ0v) is 10.4. The number of nitrogens with zero attached hydrogens (tertiary/aromatic N) is 1. The lowest BCUT2D eigenvalue weighted by molar-refractivity contribution is -0.146. The quantitative estimate of drug-likeness (QED) is 0.759. The van der Waals surface area contributed by atoms with Crippen LogP contribution in [0.2, 0.25) is 0 Å². The topological polar surface area (TPSA) is 57.6 Å². The fraction of sp³-hybridized carbons (Fsp3) is 0.846. The highest BCUT2D eigenvalue weighted by molar-refractivity contribution is 6.06. The van der Waals surface area contributed by atoms with Crippen LogP contribution in [0.4, 0.5) is 0 Å². The summed E-state index contributed by atoms with van der Waals surface area (Å²) in [6, 6.07) is -0.323. The zero-order chi connectivity index (χ0) is 12.5. The van der Waals surface area contributed by atoms with Gasteiger partial charge in [-0.15, -0.1) is 0 Å². The summed E-state index contributed by atoms with van der Waals surface area (Å²) in [6.07, 6.45) is 5.93. The van der Waals surface area contributed by atoms with Gasteiger partial charge in [-0.3, -0.25) is 14.5 Å². The lowest BCUT2D eigenvalue weighted by Crippen LogP contribution is -2.44.